The molecule has 0 aliphatic heterocycles. The van der Waals surface area contributed by atoms with Crippen molar-refractivity contribution in [2.75, 3.05) is 0 Å². The van der Waals surface area contributed by atoms with E-state index < -0.39 is 0 Å². The minimum atomic E-state index is -0.151. The van der Waals surface area contributed by atoms with Crippen LogP contribution >= 0.6 is 27.3 Å². The third kappa shape index (κ3) is 2.86. The van der Waals surface area contributed by atoms with Gasteiger partial charge in [-0.2, -0.15) is 0 Å². The lowest BCUT2D eigenvalue weighted by Crippen LogP contribution is -2.23. The number of amides is 1. The highest BCUT2D eigenvalue weighted by molar-refractivity contribution is 9.10. The van der Waals surface area contributed by atoms with Crippen molar-refractivity contribution in [3.63, 3.8) is 0 Å². The molecule has 0 aliphatic rings. The van der Waals surface area contributed by atoms with Crippen molar-refractivity contribution >= 4 is 33.2 Å². The van der Waals surface area contributed by atoms with Crippen LogP contribution in [0.4, 0.5) is 0 Å². The van der Waals surface area contributed by atoms with Crippen LogP contribution in [0.5, 0.6) is 0 Å². The molecule has 1 amide bonds. The molecule has 1 N–H and O–H groups in total. The molecule has 0 spiro atoms. The third-order valence-corrected chi connectivity index (χ3v) is 2.95. The van der Waals surface area contributed by atoms with Crippen molar-refractivity contribution in [3.05, 3.63) is 45.1 Å². The van der Waals surface area contributed by atoms with Gasteiger partial charge in [-0.15, -0.1) is 11.3 Å². The van der Waals surface area contributed by atoms with Crippen LogP contribution in [0.15, 0.2) is 33.8 Å². The number of carbonyl (C=O) groups is 1. The third-order valence-electron chi connectivity index (χ3n) is 1.88. The number of halogens is 1. The first-order chi connectivity index (χ1) is 7.75. The van der Waals surface area contributed by atoms with Gasteiger partial charge in [-0.1, -0.05) is 0 Å². The van der Waals surface area contributed by atoms with Crippen LogP contribution in [0.1, 0.15) is 16.1 Å². The first-order valence-corrected chi connectivity index (χ1v) is 6.25. The van der Waals surface area contributed by atoms with Gasteiger partial charge < -0.3 is 5.32 Å². The largest absolute Gasteiger partial charge is 0.346 e. The Morgan fingerprint density at radius 2 is 2.38 bits per heavy atom. The second kappa shape index (κ2) is 5.18. The van der Waals surface area contributed by atoms with Gasteiger partial charge in [-0.05, 0) is 22.0 Å². The van der Waals surface area contributed by atoms with E-state index in [1.165, 1.54) is 17.5 Å². The van der Waals surface area contributed by atoms with Crippen LogP contribution in [0.2, 0.25) is 0 Å². The van der Waals surface area contributed by atoms with Gasteiger partial charge in [0.25, 0.3) is 5.91 Å². The number of pyridine rings is 1. The molecule has 0 radical (unpaired) electrons. The Bertz CT molecular complexity index is 487. The van der Waals surface area contributed by atoms with Gasteiger partial charge in [0, 0.05) is 22.2 Å². The maximum Gasteiger partial charge on any atom is 0.253 e. The average Bonchev–Trinajstić information content (AvgIpc) is 2.78. The predicted octanol–water partition coefficient (Wildman–Crippen LogP) is 2.23. The van der Waals surface area contributed by atoms with E-state index >= 15 is 0 Å². The first-order valence-electron chi connectivity index (χ1n) is 4.51. The summed E-state index contributed by atoms with van der Waals surface area (Å²) in [5.41, 5.74) is 3.13. The number of aromatic nitrogens is 2. The van der Waals surface area contributed by atoms with Gasteiger partial charge in [-0.3, -0.25) is 9.78 Å². The maximum absolute atomic E-state index is 11.7. The minimum Gasteiger partial charge on any atom is -0.346 e. The summed E-state index contributed by atoms with van der Waals surface area (Å²) in [4.78, 5) is 19.7. The molecule has 16 heavy (non-hydrogen) atoms. The Hall–Kier alpha value is -1.27. The van der Waals surface area contributed by atoms with Gasteiger partial charge >= 0.3 is 0 Å². The van der Waals surface area contributed by atoms with Crippen molar-refractivity contribution in [2.24, 2.45) is 0 Å². The molecule has 0 saturated carbocycles. The van der Waals surface area contributed by atoms with Gasteiger partial charge in [-0.25, -0.2) is 4.98 Å². The first kappa shape index (κ1) is 11.2. The second-order valence-electron chi connectivity index (χ2n) is 3.05. The summed E-state index contributed by atoms with van der Waals surface area (Å²) >= 11 is 4.77. The van der Waals surface area contributed by atoms with Gasteiger partial charge in [0.05, 0.1) is 23.3 Å². The van der Waals surface area contributed by atoms with Crippen LogP contribution in [0.3, 0.4) is 0 Å². The van der Waals surface area contributed by atoms with Crippen LogP contribution in [0.25, 0.3) is 0 Å². The summed E-state index contributed by atoms with van der Waals surface area (Å²) in [6.07, 6.45) is 3.17. The Morgan fingerprint density at radius 3 is 3.06 bits per heavy atom. The molecule has 0 aromatic carbocycles. The van der Waals surface area contributed by atoms with Gasteiger partial charge in [0.15, 0.2) is 0 Å². The fourth-order valence-electron chi connectivity index (χ4n) is 1.13. The summed E-state index contributed by atoms with van der Waals surface area (Å²) in [5.74, 6) is -0.151. The molecule has 2 aromatic heterocycles. The number of hydrogen-bond donors (Lipinski definition) is 1. The highest BCUT2D eigenvalue weighted by Gasteiger charge is 2.06. The zero-order valence-corrected chi connectivity index (χ0v) is 10.6. The summed E-state index contributed by atoms with van der Waals surface area (Å²) in [7, 11) is 0. The van der Waals surface area contributed by atoms with Crippen molar-refractivity contribution < 1.29 is 4.79 Å². The van der Waals surface area contributed by atoms with E-state index in [0.717, 1.165) is 10.2 Å². The molecular formula is C10H8BrN3OS. The Kier molecular flexibility index (Phi) is 3.63. The summed E-state index contributed by atoms with van der Waals surface area (Å²) in [6, 6.07) is 1.73. The quantitative estimate of drug-likeness (QED) is 0.945. The van der Waals surface area contributed by atoms with Crippen molar-refractivity contribution in [2.45, 2.75) is 6.54 Å². The molecule has 0 saturated heterocycles. The molecule has 0 fully saturated rings. The summed E-state index contributed by atoms with van der Waals surface area (Å²) in [6.45, 7) is 0.439. The molecule has 6 heteroatoms. The molecule has 2 aromatic rings. The molecular weight excluding hydrogens is 290 g/mol. The van der Waals surface area contributed by atoms with E-state index in [1.807, 2.05) is 5.38 Å². The topological polar surface area (TPSA) is 54.9 Å². The van der Waals surface area contributed by atoms with E-state index in [-0.39, 0.29) is 5.91 Å². The van der Waals surface area contributed by atoms with Crippen molar-refractivity contribution in [3.8, 4) is 0 Å². The Balaban J connectivity index is 1.98. The fraction of sp³-hybridized carbons (Fsp3) is 0.100. The number of nitrogens with one attached hydrogen (secondary N) is 1. The van der Waals surface area contributed by atoms with Gasteiger partial charge in [0.1, 0.15) is 0 Å². The number of hydrogen-bond acceptors (Lipinski definition) is 4. The lowest BCUT2D eigenvalue weighted by Gasteiger charge is -2.02. The Labute approximate surface area is 105 Å². The molecule has 2 rings (SSSR count). The van der Waals surface area contributed by atoms with Crippen LogP contribution in [0, 0.1) is 0 Å². The van der Waals surface area contributed by atoms with Crippen molar-refractivity contribution in [1.82, 2.24) is 15.3 Å². The summed E-state index contributed by atoms with van der Waals surface area (Å²) < 4.78 is 0.786. The lowest BCUT2D eigenvalue weighted by molar-refractivity contribution is 0.0950. The number of nitrogens with zero attached hydrogens (tertiary/aromatic N) is 2. The lowest BCUT2D eigenvalue weighted by atomic mass is 10.2. The summed E-state index contributed by atoms with van der Waals surface area (Å²) in [5, 5.41) is 4.68. The molecule has 0 unspecified atom stereocenters. The molecule has 0 bridgehead atoms. The highest BCUT2D eigenvalue weighted by Crippen LogP contribution is 2.09. The monoisotopic (exact) mass is 297 g/mol. The van der Waals surface area contributed by atoms with E-state index in [0.29, 0.717) is 12.1 Å². The van der Waals surface area contributed by atoms with E-state index in [2.05, 4.69) is 31.2 Å². The van der Waals surface area contributed by atoms with E-state index in [4.69, 9.17) is 0 Å². The number of rotatable bonds is 3. The number of carbonyl (C=O) groups excluding carboxylic acids is 1. The normalized spacial score (nSPS) is 10.1. The Morgan fingerprint density at radius 1 is 1.50 bits per heavy atom. The van der Waals surface area contributed by atoms with E-state index in [1.54, 1.807) is 17.8 Å². The van der Waals surface area contributed by atoms with Crippen LogP contribution < -0.4 is 5.32 Å². The minimum absolute atomic E-state index is 0.151. The SMILES string of the molecule is O=C(NCc1cscn1)c1cncc(Br)c1. The molecule has 82 valence electrons. The fourth-order valence-corrected chi connectivity index (χ4v) is 2.06. The standard InChI is InChI=1S/C10H8BrN3OS/c11-8-1-7(2-12-3-8)10(15)13-4-9-5-16-6-14-9/h1-3,5-6H,4H2,(H,13,15). The molecule has 0 atom stereocenters. The zero-order chi connectivity index (χ0) is 11.4. The molecule has 4 nitrogen and oxygen atoms in total. The van der Waals surface area contributed by atoms with Gasteiger partial charge in [0.2, 0.25) is 0 Å². The van der Waals surface area contributed by atoms with Crippen molar-refractivity contribution in [1.29, 1.82) is 0 Å². The molecule has 2 heterocycles. The highest BCUT2D eigenvalue weighted by atomic mass is 79.9. The average molecular weight is 298 g/mol. The van der Waals surface area contributed by atoms with Crippen LogP contribution in [-0.4, -0.2) is 15.9 Å². The maximum atomic E-state index is 11.7. The smallest absolute Gasteiger partial charge is 0.253 e. The molecule has 0 aliphatic carbocycles. The zero-order valence-electron chi connectivity index (χ0n) is 8.18. The van der Waals surface area contributed by atoms with E-state index in [9.17, 15) is 4.79 Å². The van der Waals surface area contributed by atoms with Crippen LogP contribution in [-0.2, 0) is 6.54 Å². The predicted molar refractivity (Wildman–Crippen MR) is 65.2 cm³/mol. The number of thiazole rings is 1. The second-order valence-corrected chi connectivity index (χ2v) is 4.69.